The first-order chi connectivity index (χ1) is 13.5. The van der Waals surface area contributed by atoms with E-state index in [1.807, 2.05) is 0 Å². The van der Waals surface area contributed by atoms with Crippen molar-refractivity contribution in [2.45, 2.75) is 26.7 Å². The molecule has 5 nitrogen and oxygen atoms in total. The average molecular weight is 412 g/mol. The standard InChI is InChI=1S/C17H19F2N3O2S.C3H8/c1-20-15(17(24)21-7-8-23)6-5-11-10-25-22-9-13(11)12-3-2-4-14(18)16(12)19;1-3-2/h2-4,6,9,20,23H,5,7-8,10H2,1H3,(H,21,24);3H2,1-2H3/b15-6-;. The van der Waals surface area contributed by atoms with E-state index in [0.29, 0.717) is 23.4 Å². The first-order valence-corrected chi connectivity index (χ1v) is 10.0. The number of rotatable bonds is 7. The molecule has 0 saturated heterocycles. The summed E-state index contributed by atoms with van der Waals surface area (Å²) in [5.41, 5.74) is 1.86. The van der Waals surface area contributed by atoms with Gasteiger partial charge in [0.05, 0.1) is 12.3 Å². The maximum Gasteiger partial charge on any atom is 0.267 e. The number of allylic oxidation sites excluding steroid dienone is 2. The summed E-state index contributed by atoms with van der Waals surface area (Å²) in [4.78, 5) is 11.9. The summed E-state index contributed by atoms with van der Waals surface area (Å²) in [6, 6.07) is 4.02. The third-order valence-electron chi connectivity index (χ3n) is 3.58. The number of carbonyl (C=O) groups is 1. The Kier molecular flexibility index (Phi) is 11.1. The molecule has 0 radical (unpaired) electrons. The van der Waals surface area contributed by atoms with Crippen LogP contribution in [0.15, 0.2) is 39.9 Å². The van der Waals surface area contributed by atoms with Gasteiger partial charge in [0.25, 0.3) is 5.91 Å². The fourth-order valence-corrected chi connectivity index (χ4v) is 3.00. The second-order valence-corrected chi connectivity index (χ2v) is 6.64. The van der Waals surface area contributed by atoms with E-state index < -0.39 is 11.6 Å². The van der Waals surface area contributed by atoms with Crippen molar-refractivity contribution in [3.8, 4) is 0 Å². The van der Waals surface area contributed by atoms with E-state index in [-0.39, 0.29) is 24.6 Å². The van der Waals surface area contributed by atoms with Crippen LogP contribution in [0.1, 0.15) is 32.3 Å². The number of hydrogen-bond donors (Lipinski definition) is 3. The summed E-state index contributed by atoms with van der Waals surface area (Å²) >= 11 is 1.31. The molecule has 2 rings (SSSR count). The molecule has 0 atom stereocenters. The van der Waals surface area contributed by atoms with Gasteiger partial charge in [-0.25, -0.2) is 13.2 Å². The van der Waals surface area contributed by atoms with Crippen LogP contribution in [-0.2, 0) is 4.79 Å². The van der Waals surface area contributed by atoms with Gasteiger partial charge in [-0.15, -0.1) is 0 Å². The van der Waals surface area contributed by atoms with E-state index in [4.69, 9.17) is 5.11 Å². The Morgan fingerprint density at radius 2 is 2.07 bits per heavy atom. The van der Waals surface area contributed by atoms with Gasteiger partial charge in [-0.3, -0.25) is 4.79 Å². The van der Waals surface area contributed by atoms with Crippen molar-refractivity contribution in [1.29, 1.82) is 0 Å². The van der Waals surface area contributed by atoms with Gasteiger partial charge in [0, 0.05) is 36.7 Å². The molecule has 0 bridgehead atoms. The van der Waals surface area contributed by atoms with Crippen LogP contribution in [-0.4, -0.2) is 43.2 Å². The van der Waals surface area contributed by atoms with Crippen LogP contribution in [0, 0.1) is 11.6 Å². The lowest BCUT2D eigenvalue weighted by molar-refractivity contribution is -0.118. The molecule has 0 unspecified atom stereocenters. The summed E-state index contributed by atoms with van der Waals surface area (Å²) in [6.07, 6.45) is 4.83. The molecule has 1 aromatic carbocycles. The molecule has 1 aliphatic heterocycles. The largest absolute Gasteiger partial charge is 0.395 e. The molecule has 8 heteroatoms. The Balaban J connectivity index is 0.00000122. The zero-order valence-corrected chi connectivity index (χ0v) is 17.2. The molecular weight excluding hydrogens is 384 g/mol. The highest BCUT2D eigenvalue weighted by Gasteiger charge is 2.17. The van der Waals surface area contributed by atoms with Crippen molar-refractivity contribution in [3.05, 3.63) is 52.7 Å². The summed E-state index contributed by atoms with van der Waals surface area (Å²) in [6.45, 7) is 4.26. The second kappa shape index (κ2) is 13.1. The van der Waals surface area contributed by atoms with Gasteiger partial charge < -0.3 is 15.7 Å². The predicted molar refractivity (Wildman–Crippen MR) is 112 cm³/mol. The zero-order chi connectivity index (χ0) is 20.9. The van der Waals surface area contributed by atoms with Crippen LogP contribution in [0.3, 0.4) is 0 Å². The van der Waals surface area contributed by atoms with Crippen molar-refractivity contribution in [2.24, 2.45) is 4.40 Å². The van der Waals surface area contributed by atoms with Crippen LogP contribution in [0.4, 0.5) is 8.78 Å². The predicted octanol–water partition coefficient (Wildman–Crippen LogP) is 3.47. The molecule has 1 heterocycles. The van der Waals surface area contributed by atoms with E-state index >= 15 is 0 Å². The maximum absolute atomic E-state index is 14.1. The van der Waals surface area contributed by atoms with Gasteiger partial charge >= 0.3 is 0 Å². The number of benzene rings is 1. The Hall–Kier alpha value is -2.19. The number of nitrogens with zero attached hydrogens (tertiary/aromatic N) is 1. The van der Waals surface area contributed by atoms with Gasteiger partial charge in [-0.2, -0.15) is 0 Å². The summed E-state index contributed by atoms with van der Waals surface area (Å²) < 4.78 is 31.7. The SMILES string of the molecule is CCC.CN/C(=C\CC1=C(c2cccc(F)c2F)C=NSC1)C(=O)NCCO. The van der Waals surface area contributed by atoms with Gasteiger partial charge in [-0.1, -0.05) is 38.5 Å². The molecule has 0 saturated carbocycles. The monoisotopic (exact) mass is 411 g/mol. The molecule has 0 spiro atoms. The number of carbonyl (C=O) groups excluding carboxylic acids is 1. The number of aliphatic hydroxyl groups is 1. The van der Waals surface area contributed by atoms with Gasteiger partial charge in [0.2, 0.25) is 0 Å². The van der Waals surface area contributed by atoms with Crippen LogP contribution < -0.4 is 10.6 Å². The molecule has 1 amide bonds. The van der Waals surface area contributed by atoms with Crippen molar-refractivity contribution >= 4 is 29.6 Å². The number of aliphatic hydroxyl groups excluding tert-OH is 1. The summed E-state index contributed by atoms with van der Waals surface area (Å²) in [7, 11) is 1.61. The highest BCUT2D eigenvalue weighted by atomic mass is 32.2. The molecule has 154 valence electrons. The Morgan fingerprint density at radius 3 is 2.71 bits per heavy atom. The maximum atomic E-state index is 14.1. The minimum absolute atomic E-state index is 0.149. The van der Waals surface area contributed by atoms with Crippen LogP contribution >= 0.6 is 11.9 Å². The Morgan fingerprint density at radius 1 is 1.36 bits per heavy atom. The third-order valence-corrected chi connectivity index (χ3v) is 4.31. The van der Waals surface area contributed by atoms with Gasteiger partial charge in [-0.05, 0) is 30.0 Å². The fraction of sp³-hybridized carbons (Fsp3) is 0.400. The zero-order valence-electron chi connectivity index (χ0n) is 16.4. The smallest absolute Gasteiger partial charge is 0.267 e. The lowest BCUT2D eigenvalue weighted by atomic mass is 9.98. The van der Waals surface area contributed by atoms with Crippen molar-refractivity contribution < 1.29 is 18.7 Å². The summed E-state index contributed by atoms with van der Waals surface area (Å²) in [5.74, 6) is -1.64. The molecule has 0 aliphatic carbocycles. The van der Waals surface area contributed by atoms with E-state index in [0.717, 1.165) is 11.6 Å². The molecule has 1 aliphatic rings. The number of amides is 1. The second-order valence-electron chi connectivity index (χ2n) is 5.89. The van der Waals surface area contributed by atoms with E-state index in [9.17, 15) is 13.6 Å². The molecule has 28 heavy (non-hydrogen) atoms. The number of nitrogens with one attached hydrogen (secondary N) is 2. The molecule has 1 aromatic rings. The van der Waals surface area contributed by atoms with E-state index in [1.54, 1.807) is 13.1 Å². The van der Waals surface area contributed by atoms with E-state index in [2.05, 4.69) is 28.9 Å². The molecule has 3 N–H and O–H groups in total. The first kappa shape index (κ1) is 23.8. The number of hydrogen-bond acceptors (Lipinski definition) is 5. The molecular formula is C20H27F2N3O2S. The lowest BCUT2D eigenvalue weighted by Crippen LogP contribution is -2.32. The average Bonchev–Trinajstić information content (AvgIpc) is 2.70. The van der Waals surface area contributed by atoms with Gasteiger partial charge in [0.15, 0.2) is 11.6 Å². The Bertz CT molecular complexity index is 749. The number of likely N-dealkylation sites (N-methyl/N-ethyl adjacent to an activating group) is 1. The van der Waals surface area contributed by atoms with Crippen molar-refractivity contribution in [2.75, 3.05) is 26.0 Å². The summed E-state index contributed by atoms with van der Waals surface area (Å²) in [5, 5.41) is 14.1. The molecule has 0 aromatic heterocycles. The van der Waals surface area contributed by atoms with Crippen LogP contribution in [0.5, 0.6) is 0 Å². The quantitative estimate of drug-likeness (QED) is 0.475. The highest BCUT2D eigenvalue weighted by molar-refractivity contribution is 7.98. The normalized spacial score (nSPS) is 13.7. The van der Waals surface area contributed by atoms with Crippen LogP contribution in [0.2, 0.25) is 0 Å². The van der Waals surface area contributed by atoms with Crippen molar-refractivity contribution in [1.82, 2.24) is 10.6 Å². The Labute approximate surface area is 169 Å². The highest BCUT2D eigenvalue weighted by Crippen LogP contribution is 2.30. The molecule has 0 fully saturated rings. The minimum atomic E-state index is -0.911. The van der Waals surface area contributed by atoms with E-state index in [1.165, 1.54) is 36.7 Å². The van der Waals surface area contributed by atoms with Crippen LogP contribution in [0.25, 0.3) is 5.57 Å². The topological polar surface area (TPSA) is 73.7 Å². The number of halogens is 2. The fourth-order valence-electron chi connectivity index (χ4n) is 2.31. The lowest BCUT2D eigenvalue weighted by Gasteiger charge is -2.15. The minimum Gasteiger partial charge on any atom is -0.395 e. The third kappa shape index (κ3) is 7.09. The van der Waals surface area contributed by atoms with Gasteiger partial charge in [0.1, 0.15) is 0 Å². The van der Waals surface area contributed by atoms with Crippen molar-refractivity contribution in [3.63, 3.8) is 0 Å². The first-order valence-electron chi connectivity index (χ1n) is 9.08.